The van der Waals surface area contributed by atoms with Gasteiger partial charge in [-0.2, -0.15) is 0 Å². The van der Waals surface area contributed by atoms with Crippen molar-refractivity contribution in [3.05, 3.63) is 28.2 Å². The van der Waals surface area contributed by atoms with Gasteiger partial charge in [-0.05, 0) is 54.4 Å². The third-order valence-electron chi connectivity index (χ3n) is 2.14. The Balaban J connectivity index is 2.77. The van der Waals surface area contributed by atoms with Gasteiger partial charge in [0.15, 0.2) is 0 Å². The number of aryl methyl sites for hydroxylation is 1. The summed E-state index contributed by atoms with van der Waals surface area (Å²) in [7, 11) is 0. The lowest BCUT2D eigenvalue weighted by atomic mass is 10.2. The molecule has 0 spiro atoms. The standard InChI is InChI=1S/C11H16BrNO/c1-7-4-5-11(10(12)6-7)14-9(3)8(2)13/h4-6,8-9H,13H2,1-3H3/t8-,9?/m1/s1. The second-order valence-corrected chi connectivity index (χ2v) is 4.47. The van der Waals surface area contributed by atoms with Gasteiger partial charge in [0, 0.05) is 6.04 Å². The minimum Gasteiger partial charge on any atom is -0.488 e. The van der Waals surface area contributed by atoms with E-state index >= 15 is 0 Å². The van der Waals surface area contributed by atoms with Crippen LogP contribution in [0.4, 0.5) is 0 Å². The molecule has 0 radical (unpaired) electrons. The van der Waals surface area contributed by atoms with E-state index in [9.17, 15) is 0 Å². The summed E-state index contributed by atoms with van der Waals surface area (Å²) in [6.45, 7) is 5.95. The monoisotopic (exact) mass is 257 g/mol. The topological polar surface area (TPSA) is 35.2 Å². The van der Waals surface area contributed by atoms with Crippen molar-refractivity contribution in [1.29, 1.82) is 0 Å². The molecule has 0 aliphatic carbocycles. The molecular weight excluding hydrogens is 242 g/mol. The molecule has 0 saturated carbocycles. The maximum Gasteiger partial charge on any atom is 0.133 e. The molecule has 1 aromatic carbocycles. The van der Waals surface area contributed by atoms with Crippen molar-refractivity contribution in [2.75, 3.05) is 0 Å². The van der Waals surface area contributed by atoms with Gasteiger partial charge >= 0.3 is 0 Å². The Hall–Kier alpha value is -0.540. The summed E-state index contributed by atoms with van der Waals surface area (Å²) in [5, 5.41) is 0. The van der Waals surface area contributed by atoms with Crippen LogP contribution in [-0.4, -0.2) is 12.1 Å². The smallest absolute Gasteiger partial charge is 0.133 e. The summed E-state index contributed by atoms with van der Waals surface area (Å²) in [4.78, 5) is 0. The summed E-state index contributed by atoms with van der Waals surface area (Å²) < 4.78 is 6.67. The van der Waals surface area contributed by atoms with Crippen LogP contribution >= 0.6 is 15.9 Å². The van der Waals surface area contributed by atoms with E-state index in [0.29, 0.717) is 0 Å². The molecule has 1 unspecified atom stereocenters. The van der Waals surface area contributed by atoms with Gasteiger partial charge in [-0.15, -0.1) is 0 Å². The van der Waals surface area contributed by atoms with Gasteiger partial charge in [-0.25, -0.2) is 0 Å². The highest BCUT2D eigenvalue weighted by Crippen LogP contribution is 2.26. The van der Waals surface area contributed by atoms with Crippen LogP contribution in [0.15, 0.2) is 22.7 Å². The van der Waals surface area contributed by atoms with E-state index < -0.39 is 0 Å². The summed E-state index contributed by atoms with van der Waals surface area (Å²) in [5.74, 6) is 0.848. The fourth-order valence-corrected chi connectivity index (χ4v) is 1.60. The Morgan fingerprint density at radius 3 is 2.50 bits per heavy atom. The van der Waals surface area contributed by atoms with Gasteiger partial charge in [0.05, 0.1) is 4.47 Å². The van der Waals surface area contributed by atoms with E-state index in [-0.39, 0.29) is 12.1 Å². The molecule has 0 heterocycles. The average molecular weight is 258 g/mol. The van der Waals surface area contributed by atoms with Crippen molar-refractivity contribution in [1.82, 2.24) is 0 Å². The molecule has 1 aromatic rings. The van der Waals surface area contributed by atoms with E-state index in [2.05, 4.69) is 15.9 Å². The lowest BCUT2D eigenvalue weighted by Crippen LogP contribution is -2.33. The first kappa shape index (κ1) is 11.5. The first-order valence-electron chi connectivity index (χ1n) is 4.69. The zero-order chi connectivity index (χ0) is 10.7. The number of hydrogen-bond acceptors (Lipinski definition) is 2. The largest absolute Gasteiger partial charge is 0.488 e. The van der Waals surface area contributed by atoms with E-state index in [0.717, 1.165) is 10.2 Å². The third-order valence-corrected chi connectivity index (χ3v) is 2.76. The lowest BCUT2D eigenvalue weighted by molar-refractivity contribution is 0.195. The van der Waals surface area contributed by atoms with Crippen molar-refractivity contribution < 1.29 is 4.74 Å². The molecule has 78 valence electrons. The second kappa shape index (κ2) is 4.80. The van der Waals surface area contributed by atoms with Crippen LogP contribution in [0, 0.1) is 6.92 Å². The van der Waals surface area contributed by atoms with E-state index in [1.54, 1.807) is 0 Å². The van der Waals surface area contributed by atoms with E-state index in [1.807, 2.05) is 39.0 Å². The molecule has 2 atom stereocenters. The molecule has 0 bridgehead atoms. The first-order chi connectivity index (χ1) is 6.50. The first-order valence-corrected chi connectivity index (χ1v) is 5.48. The number of halogens is 1. The minimum absolute atomic E-state index is 0.0222. The van der Waals surface area contributed by atoms with Crippen molar-refractivity contribution in [3.8, 4) is 5.75 Å². The van der Waals surface area contributed by atoms with Crippen LogP contribution < -0.4 is 10.5 Å². The highest BCUT2D eigenvalue weighted by molar-refractivity contribution is 9.10. The molecule has 0 amide bonds. The molecule has 2 N–H and O–H groups in total. The summed E-state index contributed by atoms with van der Waals surface area (Å²) >= 11 is 3.46. The van der Waals surface area contributed by atoms with Crippen LogP contribution in [0.3, 0.4) is 0 Å². The maximum absolute atomic E-state index is 5.72. The highest BCUT2D eigenvalue weighted by atomic mass is 79.9. The second-order valence-electron chi connectivity index (χ2n) is 3.62. The quantitative estimate of drug-likeness (QED) is 0.904. The SMILES string of the molecule is Cc1ccc(OC(C)[C@@H](C)N)c(Br)c1. The Morgan fingerprint density at radius 2 is 2.00 bits per heavy atom. The van der Waals surface area contributed by atoms with Crippen LogP contribution in [-0.2, 0) is 0 Å². The van der Waals surface area contributed by atoms with Crippen molar-refractivity contribution >= 4 is 15.9 Å². The maximum atomic E-state index is 5.72. The van der Waals surface area contributed by atoms with Crippen LogP contribution in [0.5, 0.6) is 5.75 Å². The van der Waals surface area contributed by atoms with Crippen LogP contribution in [0.25, 0.3) is 0 Å². The van der Waals surface area contributed by atoms with Crippen molar-refractivity contribution in [3.63, 3.8) is 0 Å². The molecule has 0 saturated heterocycles. The molecule has 0 aliphatic heterocycles. The molecular formula is C11H16BrNO. The van der Waals surface area contributed by atoms with Gasteiger partial charge < -0.3 is 10.5 Å². The zero-order valence-electron chi connectivity index (χ0n) is 8.75. The van der Waals surface area contributed by atoms with Gasteiger partial charge in [-0.3, -0.25) is 0 Å². The summed E-state index contributed by atoms with van der Waals surface area (Å²) in [5.41, 5.74) is 6.93. The molecule has 0 aliphatic rings. The van der Waals surface area contributed by atoms with Crippen molar-refractivity contribution in [2.45, 2.75) is 32.9 Å². The predicted molar refractivity (Wildman–Crippen MR) is 62.6 cm³/mol. The number of benzene rings is 1. The van der Waals surface area contributed by atoms with Crippen LogP contribution in [0.2, 0.25) is 0 Å². The molecule has 0 aromatic heterocycles. The average Bonchev–Trinajstić information content (AvgIpc) is 2.09. The lowest BCUT2D eigenvalue weighted by Gasteiger charge is -2.19. The number of hydrogen-bond donors (Lipinski definition) is 1. The zero-order valence-corrected chi connectivity index (χ0v) is 10.3. The van der Waals surface area contributed by atoms with Gasteiger partial charge in [0.1, 0.15) is 11.9 Å². The van der Waals surface area contributed by atoms with Crippen LogP contribution in [0.1, 0.15) is 19.4 Å². The molecule has 14 heavy (non-hydrogen) atoms. The Morgan fingerprint density at radius 1 is 1.36 bits per heavy atom. The Labute approximate surface area is 93.6 Å². The summed E-state index contributed by atoms with van der Waals surface area (Å²) in [6.07, 6.45) is 0.0222. The molecule has 2 nitrogen and oxygen atoms in total. The Bertz CT molecular complexity index is 312. The Kier molecular flexibility index (Phi) is 3.96. The molecule has 3 heteroatoms. The number of ether oxygens (including phenoxy) is 1. The normalized spacial score (nSPS) is 14.9. The highest BCUT2D eigenvalue weighted by Gasteiger charge is 2.10. The number of rotatable bonds is 3. The van der Waals surface area contributed by atoms with E-state index in [4.69, 9.17) is 10.5 Å². The van der Waals surface area contributed by atoms with Gasteiger partial charge in [0.2, 0.25) is 0 Å². The minimum atomic E-state index is 0.0222. The third kappa shape index (κ3) is 3.00. The van der Waals surface area contributed by atoms with Gasteiger partial charge in [-0.1, -0.05) is 6.07 Å². The number of nitrogens with two attached hydrogens (primary N) is 1. The summed E-state index contributed by atoms with van der Waals surface area (Å²) in [6, 6.07) is 6.04. The van der Waals surface area contributed by atoms with Gasteiger partial charge in [0.25, 0.3) is 0 Å². The molecule has 1 rings (SSSR count). The van der Waals surface area contributed by atoms with Crippen molar-refractivity contribution in [2.24, 2.45) is 5.73 Å². The molecule has 0 fully saturated rings. The fraction of sp³-hybridized carbons (Fsp3) is 0.455. The fourth-order valence-electron chi connectivity index (χ4n) is 1.01. The van der Waals surface area contributed by atoms with E-state index in [1.165, 1.54) is 5.56 Å². The predicted octanol–water partition coefficient (Wildman–Crippen LogP) is 2.87.